The van der Waals surface area contributed by atoms with Gasteiger partial charge in [-0.1, -0.05) is 25.0 Å². The van der Waals surface area contributed by atoms with Crippen LogP contribution in [0.3, 0.4) is 0 Å². The van der Waals surface area contributed by atoms with E-state index in [0.29, 0.717) is 17.8 Å². The first-order chi connectivity index (χ1) is 13.2. The van der Waals surface area contributed by atoms with Crippen molar-refractivity contribution in [2.24, 2.45) is 11.8 Å². The lowest BCUT2D eigenvalue weighted by molar-refractivity contribution is -0.131. The summed E-state index contributed by atoms with van der Waals surface area (Å²) in [6.45, 7) is 5.15. The van der Waals surface area contributed by atoms with E-state index < -0.39 is 0 Å². The van der Waals surface area contributed by atoms with Crippen molar-refractivity contribution >= 4 is 5.91 Å². The van der Waals surface area contributed by atoms with Crippen LogP contribution in [0, 0.1) is 11.8 Å². The van der Waals surface area contributed by atoms with Gasteiger partial charge in [-0.3, -0.25) is 9.69 Å². The lowest BCUT2D eigenvalue weighted by atomic mass is 9.53. The van der Waals surface area contributed by atoms with Gasteiger partial charge in [0.25, 0.3) is 0 Å². The third-order valence-corrected chi connectivity index (χ3v) is 6.97. The van der Waals surface area contributed by atoms with E-state index in [2.05, 4.69) is 22.3 Å². The van der Waals surface area contributed by atoms with Crippen LogP contribution in [0.15, 0.2) is 24.3 Å². The summed E-state index contributed by atoms with van der Waals surface area (Å²) in [7, 11) is 1.70. The summed E-state index contributed by atoms with van der Waals surface area (Å²) >= 11 is 0. The summed E-state index contributed by atoms with van der Waals surface area (Å²) in [5.41, 5.74) is 1.34. The van der Waals surface area contributed by atoms with Gasteiger partial charge >= 0.3 is 0 Å². The Bertz CT molecular complexity index is 641. The van der Waals surface area contributed by atoms with Crippen LogP contribution in [-0.2, 0) is 9.53 Å². The van der Waals surface area contributed by atoms with Gasteiger partial charge in [0.15, 0.2) is 0 Å². The molecular weight excluding hydrogens is 340 g/mol. The molecule has 2 aliphatic carbocycles. The van der Waals surface area contributed by atoms with E-state index in [1.807, 2.05) is 19.1 Å². The highest BCUT2D eigenvalue weighted by Gasteiger charge is 2.52. The van der Waals surface area contributed by atoms with E-state index in [-0.39, 0.29) is 18.0 Å². The zero-order valence-corrected chi connectivity index (χ0v) is 16.5. The van der Waals surface area contributed by atoms with Gasteiger partial charge < -0.3 is 14.8 Å². The second-order valence-corrected chi connectivity index (χ2v) is 8.27. The summed E-state index contributed by atoms with van der Waals surface area (Å²) in [5, 5.41) is 3.44. The Morgan fingerprint density at radius 3 is 2.48 bits per heavy atom. The zero-order chi connectivity index (χ0) is 18.8. The number of hydrogen-bond acceptors (Lipinski definition) is 4. The number of carbonyl (C=O) groups is 1. The molecule has 2 saturated carbocycles. The minimum Gasteiger partial charge on any atom is -0.497 e. The maximum Gasteiger partial charge on any atom is 0.237 e. The van der Waals surface area contributed by atoms with Gasteiger partial charge in [-0.2, -0.15) is 0 Å². The average molecular weight is 373 g/mol. The topological polar surface area (TPSA) is 50.8 Å². The van der Waals surface area contributed by atoms with Gasteiger partial charge in [0.2, 0.25) is 5.91 Å². The molecule has 148 valence electrons. The smallest absolute Gasteiger partial charge is 0.237 e. The normalized spacial score (nSPS) is 32.1. The van der Waals surface area contributed by atoms with Crippen molar-refractivity contribution in [1.29, 1.82) is 0 Å². The maximum absolute atomic E-state index is 13.0. The lowest BCUT2D eigenvalue weighted by Gasteiger charge is -2.55. The molecule has 1 aromatic rings. The van der Waals surface area contributed by atoms with Crippen LogP contribution in [0.2, 0.25) is 0 Å². The Hall–Kier alpha value is -1.59. The number of benzene rings is 1. The first-order valence-corrected chi connectivity index (χ1v) is 10.4. The molecule has 5 heteroatoms. The highest BCUT2D eigenvalue weighted by Crippen LogP contribution is 2.54. The molecule has 3 fully saturated rings. The number of morpholine rings is 1. The van der Waals surface area contributed by atoms with Gasteiger partial charge in [0.1, 0.15) is 5.75 Å². The Balaban J connectivity index is 1.47. The van der Waals surface area contributed by atoms with E-state index in [1.165, 1.54) is 31.2 Å². The minimum absolute atomic E-state index is 0.0898. The molecule has 1 N–H and O–H groups in total. The van der Waals surface area contributed by atoms with Crippen molar-refractivity contribution in [1.82, 2.24) is 10.2 Å². The quantitative estimate of drug-likeness (QED) is 0.864. The highest BCUT2D eigenvalue weighted by molar-refractivity contribution is 5.82. The van der Waals surface area contributed by atoms with Gasteiger partial charge in [0, 0.05) is 25.0 Å². The van der Waals surface area contributed by atoms with Crippen LogP contribution in [0.25, 0.3) is 0 Å². The molecule has 4 rings (SSSR count). The number of nitrogens with zero attached hydrogens (tertiary/aromatic N) is 1. The molecule has 0 bridgehead atoms. The Morgan fingerprint density at radius 1 is 1.15 bits per heavy atom. The molecule has 0 aromatic heterocycles. The summed E-state index contributed by atoms with van der Waals surface area (Å²) in [6, 6.07) is 8.62. The van der Waals surface area contributed by atoms with Gasteiger partial charge in [0.05, 0.1) is 26.4 Å². The molecule has 0 unspecified atom stereocenters. The van der Waals surface area contributed by atoms with Crippen molar-refractivity contribution in [2.75, 3.05) is 33.4 Å². The summed E-state index contributed by atoms with van der Waals surface area (Å²) in [6.07, 6.45) is 5.14. The molecule has 1 heterocycles. The van der Waals surface area contributed by atoms with Crippen molar-refractivity contribution in [3.8, 4) is 5.75 Å². The number of amides is 1. The third-order valence-electron chi connectivity index (χ3n) is 6.97. The van der Waals surface area contributed by atoms with Crippen molar-refractivity contribution in [3.63, 3.8) is 0 Å². The van der Waals surface area contributed by atoms with Crippen molar-refractivity contribution in [3.05, 3.63) is 29.8 Å². The Morgan fingerprint density at radius 2 is 1.81 bits per heavy atom. The first-order valence-electron chi connectivity index (χ1n) is 10.4. The number of nitrogens with one attached hydrogen (secondary N) is 1. The van der Waals surface area contributed by atoms with E-state index in [4.69, 9.17) is 9.47 Å². The molecule has 0 spiro atoms. The summed E-state index contributed by atoms with van der Waals surface area (Å²) in [4.78, 5) is 15.2. The van der Waals surface area contributed by atoms with Crippen LogP contribution in [0.1, 0.15) is 44.1 Å². The zero-order valence-electron chi connectivity index (χ0n) is 16.5. The van der Waals surface area contributed by atoms with Crippen LogP contribution in [0.4, 0.5) is 0 Å². The first kappa shape index (κ1) is 18.8. The molecule has 27 heavy (non-hydrogen) atoms. The number of ether oxygens (including phenoxy) is 2. The fraction of sp³-hybridized carbons (Fsp3) is 0.682. The van der Waals surface area contributed by atoms with E-state index in [9.17, 15) is 4.79 Å². The Labute approximate surface area is 162 Å². The fourth-order valence-corrected chi connectivity index (χ4v) is 5.36. The largest absolute Gasteiger partial charge is 0.497 e. The van der Waals surface area contributed by atoms with Gasteiger partial charge in [-0.15, -0.1) is 0 Å². The molecular formula is C22H32N2O3. The van der Waals surface area contributed by atoms with Gasteiger partial charge in [-0.25, -0.2) is 0 Å². The average Bonchev–Trinajstić information content (AvgIpc) is 2.72. The van der Waals surface area contributed by atoms with Crippen LogP contribution in [-0.4, -0.2) is 56.3 Å². The van der Waals surface area contributed by atoms with E-state index in [1.54, 1.807) is 7.11 Å². The third kappa shape index (κ3) is 3.72. The van der Waals surface area contributed by atoms with Crippen LogP contribution >= 0.6 is 0 Å². The second-order valence-electron chi connectivity index (χ2n) is 8.27. The summed E-state index contributed by atoms with van der Waals surface area (Å²) in [5.74, 6) is 2.83. The number of fused-ring (bicyclic) bond motifs is 1. The maximum atomic E-state index is 13.0. The molecule has 1 aliphatic heterocycles. The van der Waals surface area contributed by atoms with Crippen molar-refractivity contribution in [2.45, 2.75) is 50.6 Å². The standard InChI is InChI=1S/C22H32N2O3/c1-15(24-11-13-27-14-12-24)22(25)23-21-19-6-4-3-5-18(19)20(21)16-7-9-17(26-2)10-8-16/h7-10,15,18-21H,3-6,11-14H2,1-2H3,(H,23,25)/t15-,18-,19-,20+,21+/m1/s1. The number of rotatable bonds is 5. The molecule has 0 radical (unpaired) electrons. The summed E-state index contributed by atoms with van der Waals surface area (Å²) < 4.78 is 10.7. The van der Waals surface area contributed by atoms with E-state index in [0.717, 1.165) is 32.1 Å². The Kier molecular flexibility index (Phi) is 5.69. The van der Waals surface area contributed by atoms with Crippen LogP contribution in [0.5, 0.6) is 5.75 Å². The lowest BCUT2D eigenvalue weighted by Crippen LogP contribution is -2.62. The molecule has 1 amide bonds. The van der Waals surface area contributed by atoms with E-state index >= 15 is 0 Å². The number of hydrogen-bond donors (Lipinski definition) is 1. The SMILES string of the molecule is COc1ccc([C@H]2[C@@H]3CCCC[C@H]3[C@@H]2NC(=O)[C@@H](C)N2CCOCC2)cc1. The second kappa shape index (κ2) is 8.19. The predicted molar refractivity (Wildman–Crippen MR) is 105 cm³/mol. The molecule has 5 nitrogen and oxygen atoms in total. The van der Waals surface area contributed by atoms with Crippen LogP contribution < -0.4 is 10.1 Å². The predicted octanol–water partition coefficient (Wildman–Crippen LogP) is 2.80. The van der Waals surface area contributed by atoms with Gasteiger partial charge in [-0.05, 0) is 49.3 Å². The fourth-order valence-electron chi connectivity index (χ4n) is 5.36. The molecule has 5 atom stereocenters. The molecule has 1 saturated heterocycles. The molecule has 3 aliphatic rings. The minimum atomic E-state index is -0.0898. The monoisotopic (exact) mass is 372 g/mol. The number of methoxy groups -OCH3 is 1. The number of carbonyl (C=O) groups excluding carboxylic acids is 1. The van der Waals surface area contributed by atoms with Crippen molar-refractivity contribution < 1.29 is 14.3 Å². The molecule has 1 aromatic carbocycles. The highest BCUT2D eigenvalue weighted by atomic mass is 16.5.